The van der Waals surface area contributed by atoms with E-state index in [-0.39, 0.29) is 0 Å². The Morgan fingerprint density at radius 1 is 1.37 bits per heavy atom. The number of likely N-dealkylation sites (tertiary alicyclic amines) is 1. The highest BCUT2D eigenvalue weighted by Gasteiger charge is 2.20. The second-order valence-electron chi connectivity index (χ2n) is 5.74. The minimum Gasteiger partial charge on any atom is -0.381 e. The third-order valence-corrected chi connectivity index (χ3v) is 4.32. The summed E-state index contributed by atoms with van der Waals surface area (Å²) in [6.45, 7) is 8.14. The predicted octanol–water partition coefficient (Wildman–Crippen LogP) is 4.63. The van der Waals surface area contributed by atoms with Crippen molar-refractivity contribution in [2.75, 3.05) is 25.0 Å². The lowest BCUT2D eigenvalue weighted by atomic mass is 10.0. The van der Waals surface area contributed by atoms with E-state index < -0.39 is 0 Å². The van der Waals surface area contributed by atoms with Gasteiger partial charge in [0.2, 0.25) is 0 Å². The highest BCUT2D eigenvalue weighted by Crippen LogP contribution is 2.27. The van der Waals surface area contributed by atoms with Crippen molar-refractivity contribution in [1.82, 2.24) is 4.90 Å². The van der Waals surface area contributed by atoms with E-state index in [1.807, 2.05) is 12.1 Å². The van der Waals surface area contributed by atoms with Gasteiger partial charge in [0.15, 0.2) is 0 Å². The lowest BCUT2D eigenvalue weighted by molar-refractivity contribution is 0.198. The molecule has 0 amide bonds. The molecule has 0 spiro atoms. The Labute approximate surface area is 129 Å². The molecule has 1 aromatic rings. The molecular formula is C15H22BrClN2. The summed E-state index contributed by atoms with van der Waals surface area (Å²) in [6.07, 6.45) is 2.38. The smallest absolute Gasteiger partial charge is 0.0638 e. The van der Waals surface area contributed by atoms with Crippen LogP contribution < -0.4 is 5.32 Å². The fourth-order valence-corrected chi connectivity index (χ4v) is 3.14. The molecule has 1 aliphatic heterocycles. The van der Waals surface area contributed by atoms with E-state index in [4.69, 9.17) is 11.6 Å². The highest BCUT2D eigenvalue weighted by atomic mass is 79.9. The summed E-state index contributed by atoms with van der Waals surface area (Å²) in [5.41, 5.74) is 1.04. The van der Waals surface area contributed by atoms with Crippen LogP contribution in [0.25, 0.3) is 0 Å². The summed E-state index contributed by atoms with van der Waals surface area (Å²) >= 11 is 9.71. The van der Waals surface area contributed by atoms with Crippen molar-refractivity contribution in [3.63, 3.8) is 0 Å². The van der Waals surface area contributed by atoms with Gasteiger partial charge in [0.05, 0.1) is 10.7 Å². The van der Waals surface area contributed by atoms with Crippen molar-refractivity contribution < 1.29 is 0 Å². The molecule has 0 radical (unpaired) electrons. The Hall–Kier alpha value is -0.250. The van der Waals surface area contributed by atoms with Crippen LogP contribution in [0.1, 0.15) is 26.7 Å². The van der Waals surface area contributed by atoms with Gasteiger partial charge in [0.25, 0.3) is 0 Å². The quantitative estimate of drug-likeness (QED) is 0.855. The van der Waals surface area contributed by atoms with Crippen LogP contribution in [-0.4, -0.2) is 30.6 Å². The molecule has 0 saturated carbocycles. The lowest BCUT2D eigenvalue weighted by Crippen LogP contribution is -2.40. The zero-order valence-corrected chi connectivity index (χ0v) is 14.0. The van der Waals surface area contributed by atoms with E-state index in [2.05, 4.69) is 46.1 Å². The lowest BCUT2D eigenvalue weighted by Gasteiger charge is -2.34. The topological polar surface area (TPSA) is 15.3 Å². The first-order valence-electron chi connectivity index (χ1n) is 6.98. The maximum absolute atomic E-state index is 6.22. The molecular weight excluding hydrogens is 324 g/mol. The van der Waals surface area contributed by atoms with Gasteiger partial charge in [-0.2, -0.15) is 0 Å². The van der Waals surface area contributed by atoms with Crippen molar-refractivity contribution in [3.8, 4) is 0 Å². The van der Waals surface area contributed by atoms with Crippen molar-refractivity contribution in [2.24, 2.45) is 5.92 Å². The van der Waals surface area contributed by atoms with Crippen LogP contribution in [0.3, 0.4) is 0 Å². The Morgan fingerprint density at radius 2 is 2.05 bits per heavy atom. The average molecular weight is 346 g/mol. The van der Waals surface area contributed by atoms with E-state index in [1.165, 1.54) is 32.5 Å². The van der Waals surface area contributed by atoms with E-state index >= 15 is 0 Å². The number of hydrogen-bond donors (Lipinski definition) is 1. The number of nitrogens with zero attached hydrogens (tertiary/aromatic N) is 1. The summed E-state index contributed by atoms with van der Waals surface area (Å²) in [5.74, 6) is 0.754. The Balaban J connectivity index is 1.87. The SMILES string of the molecule is CC(C)CN1CCC(Nc2cc(Br)ccc2Cl)CC1. The largest absolute Gasteiger partial charge is 0.381 e. The number of rotatable bonds is 4. The fourth-order valence-electron chi connectivity index (χ4n) is 2.60. The minimum absolute atomic E-state index is 0.537. The van der Waals surface area contributed by atoms with Crippen LogP contribution in [0.2, 0.25) is 5.02 Å². The zero-order valence-electron chi connectivity index (χ0n) is 11.6. The molecule has 1 N–H and O–H groups in total. The third-order valence-electron chi connectivity index (χ3n) is 3.50. The van der Waals surface area contributed by atoms with Gasteiger partial charge >= 0.3 is 0 Å². The molecule has 19 heavy (non-hydrogen) atoms. The second kappa shape index (κ2) is 6.96. The molecule has 0 atom stereocenters. The predicted molar refractivity (Wildman–Crippen MR) is 87.1 cm³/mol. The van der Waals surface area contributed by atoms with Crippen LogP contribution in [-0.2, 0) is 0 Å². The highest BCUT2D eigenvalue weighted by molar-refractivity contribution is 9.10. The Morgan fingerprint density at radius 3 is 2.68 bits per heavy atom. The number of halogens is 2. The molecule has 0 aromatic heterocycles. The van der Waals surface area contributed by atoms with Crippen molar-refractivity contribution in [1.29, 1.82) is 0 Å². The van der Waals surface area contributed by atoms with E-state index in [9.17, 15) is 0 Å². The normalized spacial score (nSPS) is 17.9. The summed E-state index contributed by atoms with van der Waals surface area (Å²) < 4.78 is 1.07. The van der Waals surface area contributed by atoms with Gasteiger partial charge in [-0.1, -0.05) is 41.4 Å². The molecule has 1 fully saturated rings. The molecule has 106 valence electrons. The van der Waals surface area contributed by atoms with Gasteiger partial charge in [-0.15, -0.1) is 0 Å². The Bertz CT molecular complexity index is 415. The molecule has 1 heterocycles. The average Bonchev–Trinajstić information content (AvgIpc) is 2.35. The minimum atomic E-state index is 0.537. The van der Waals surface area contributed by atoms with Gasteiger partial charge in [0.1, 0.15) is 0 Å². The number of anilines is 1. The Kier molecular flexibility index (Phi) is 5.55. The summed E-state index contributed by atoms with van der Waals surface area (Å²) in [4.78, 5) is 2.56. The van der Waals surface area contributed by atoms with Crippen LogP contribution in [0.15, 0.2) is 22.7 Å². The number of hydrogen-bond acceptors (Lipinski definition) is 2. The molecule has 1 aromatic carbocycles. The summed E-state index contributed by atoms with van der Waals surface area (Å²) in [6, 6.07) is 6.50. The van der Waals surface area contributed by atoms with Crippen LogP contribution in [0.5, 0.6) is 0 Å². The number of piperidine rings is 1. The van der Waals surface area contributed by atoms with Gasteiger partial charge in [-0.05, 0) is 37.0 Å². The molecule has 1 saturated heterocycles. The van der Waals surface area contributed by atoms with Gasteiger partial charge < -0.3 is 10.2 Å². The van der Waals surface area contributed by atoms with Crippen LogP contribution in [0.4, 0.5) is 5.69 Å². The van der Waals surface area contributed by atoms with E-state index in [0.29, 0.717) is 6.04 Å². The van der Waals surface area contributed by atoms with E-state index in [0.717, 1.165) is 21.1 Å². The number of nitrogens with one attached hydrogen (secondary N) is 1. The maximum Gasteiger partial charge on any atom is 0.0638 e. The molecule has 0 unspecified atom stereocenters. The maximum atomic E-state index is 6.22. The first kappa shape index (κ1) is 15.1. The molecule has 0 aliphatic carbocycles. The van der Waals surface area contributed by atoms with Crippen LogP contribution >= 0.6 is 27.5 Å². The van der Waals surface area contributed by atoms with E-state index in [1.54, 1.807) is 0 Å². The molecule has 4 heteroatoms. The van der Waals surface area contributed by atoms with Gasteiger partial charge in [0, 0.05) is 30.1 Å². The summed E-state index contributed by atoms with van der Waals surface area (Å²) in [7, 11) is 0. The summed E-state index contributed by atoms with van der Waals surface area (Å²) in [5, 5.41) is 4.37. The van der Waals surface area contributed by atoms with Crippen molar-refractivity contribution >= 4 is 33.2 Å². The third kappa shape index (κ3) is 4.66. The molecule has 2 nitrogen and oxygen atoms in total. The molecule has 0 bridgehead atoms. The first-order chi connectivity index (χ1) is 9.04. The van der Waals surface area contributed by atoms with Crippen molar-refractivity contribution in [3.05, 3.63) is 27.7 Å². The van der Waals surface area contributed by atoms with Gasteiger partial charge in [-0.25, -0.2) is 0 Å². The second-order valence-corrected chi connectivity index (χ2v) is 7.06. The monoisotopic (exact) mass is 344 g/mol. The molecule has 2 rings (SSSR count). The van der Waals surface area contributed by atoms with Crippen LogP contribution in [0, 0.1) is 5.92 Å². The van der Waals surface area contributed by atoms with Crippen molar-refractivity contribution in [2.45, 2.75) is 32.7 Å². The first-order valence-corrected chi connectivity index (χ1v) is 8.15. The van der Waals surface area contributed by atoms with Gasteiger partial charge in [-0.3, -0.25) is 0 Å². The molecule has 1 aliphatic rings. The number of benzene rings is 1. The fraction of sp³-hybridized carbons (Fsp3) is 0.600. The zero-order chi connectivity index (χ0) is 13.8. The standard InChI is InChI=1S/C15H22BrClN2/c1-11(2)10-19-7-5-13(6-8-19)18-15-9-12(16)3-4-14(15)17/h3-4,9,11,13,18H,5-8,10H2,1-2H3.